The van der Waals surface area contributed by atoms with Crippen molar-refractivity contribution in [2.75, 3.05) is 6.54 Å². The highest BCUT2D eigenvalue weighted by molar-refractivity contribution is 5.83. The van der Waals surface area contributed by atoms with Crippen LogP contribution in [0.5, 0.6) is 0 Å². The minimum atomic E-state index is -4.57. The maximum atomic E-state index is 12.3. The molecule has 0 aliphatic carbocycles. The lowest BCUT2D eigenvalue weighted by molar-refractivity contribution is -0.155. The first-order valence-corrected chi connectivity index (χ1v) is 4.06. The summed E-state index contributed by atoms with van der Waals surface area (Å²) in [5.74, 6) is -0.726. The molecule has 0 amide bonds. The van der Waals surface area contributed by atoms with Crippen LogP contribution in [-0.2, 0) is 0 Å². The number of hydrogen-bond donors (Lipinski definition) is 3. The van der Waals surface area contributed by atoms with Crippen LogP contribution in [0.15, 0.2) is 5.16 Å². The van der Waals surface area contributed by atoms with Crippen molar-refractivity contribution in [3.8, 4) is 12.3 Å². The Morgan fingerprint density at radius 3 is 2.53 bits per heavy atom. The Bertz CT molecular complexity index is 269. The highest BCUT2D eigenvalue weighted by Crippen LogP contribution is 2.25. The van der Waals surface area contributed by atoms with Crippen LogP contribution >= 0.6 is 0 Å². The van der Waals surface area contributed by atoms with Gasteiger partial charge in [-0.15, -0.1) is 6.42 Å². The third kappa shape index (κ3) is 4.56. The molecule has 15 heavy (non-hydrogen) atoms. The minimum Gasteiger partial charge on any atom is -0.409 e. The number of halogens is 3. The van der Waals surface area contributed by atoms with Crippen molar-refractivity contribution in [1.82, 2.24) is 5.32 Å². The lowest BCUT2D eigenvalue weighted by atomic mass is 10.1. The number of rotatable bonds is 4. The average molecular weight is 223 g/mol. The van der Waals surface area contributed by atoms with E-state index in [-0.39, 0.29) is 0 Å². The first-order chi connectivity index (χ1) is 6.82. The monoisotopic (exact) mass is 223 g/mol. The largest absolute Gasteiger partial charge is 0.409 e. The Balaban J connectivity index is 4.49. The van der Waals surface area contributed by atoms with E-state index in [4.69, 9.17) is 17.4 Å². The summed E-state index contributed by atoms with van der Waals surface area (Å²) >= 11 is 0. The molecule has 0 radical (unpaired) electrons. The summed E-state index contributed by atoms with van der Waals surface area (Å²) in [7, 11) is 0. The fraction of sp³-hybridized carbons (Fsp3) is 0.625. The molecule has 0 aromatic carbocycles. The molecule has 4 nitrogen and oxygen atoms in total. The first-order valence-electron chi connectivity index (χ1n) is 4.06. The molecule has 0 aliphatic heterocycles. The van der Waals surface area contributed by atoms with Gasteiger partial charge in [0.1, 0.15) is 5.92 Å². The van der Waals surface area contributed by atoms with Gasteiger partial charge in [-0.3, -0.25) is 0 Å². The van der Waals surface area contributed by atoms with Crippen molar-refractivity contribution in [2.24, 2.45) is 16.8 Å². The highest BCUT2D eigenvalue weighted by atomic mass is 19.4. The third-order valence-electron chi connectivity index (χ3n) is 1.75. The van der Waals surface area contributed by atoms with Crippen LogP contribution in [0.4, 0.5) is 13.2 Å². The van der Waals surface area contributed by atoms with Crippen LogP contribution in [0.1, 0.15) is 6.92 Å². The zero-order valence-corrected chi connectivity index (χ0v) is 8.04. The SMILES string of the molecule is C#CC(C)NCC(C(N)=NO)C(F)(F)F. The summed E-state index contributed by atoms with van der Waals surface area (Å²) in [6.45, 7) is 1.00. The van der Waals surface area contributed by atoms with Crippen LogP contribution in [0.2, 0.25) is 0 Å². The topological polar surface area (TPSA) is 70.6 Å². The van der Waals surface area contributed by atoms with E-state index >= 15 is 0 Å². The number of hydrogen-bond acceptors (Lipinski definition) is 3. The third-order valence-corrected chi connectivity index (χ3v) is 1.75. The second-order valence-electron chi connectivity index (χ2n) is 2.92. The molecule has 2 unspecified atom stereocenters. The normalized spacial score (nSPS) is 16.9. The molecule has 4 N–H and O–H groups in total. The molecule has 0 fully saturated rings. The molecule has 0 heterocycles. The van der Waals surface area contributed by atoms with Gasteiger partial charge < -0.3 is 16.3 Å². The number of alkyl halides is 3. The van der Waals surface area contributed by atoms with Gasteiger partial charge in [0.25, 0.3) is 0 Å². The van der Waals surface area contributed by atoms with Gasteiger partial charge in [-0.2, -0.15) is 13.2 Å². The molecule has 0 aromatic heterocycles. The van der Waals surface area contributed by atoms with E-state index in [2.05, 4.69) is 16.4 Å². The van der Waals surface area contributed by atoms with Crippen LogP contribution in [0, 0.1) is 18.3 Å². The Kier molecular flexibility index (Phi) is 4.94. The summed E-state index contributed by atoms with van der Waals surface area (Å²) in [5, 5.41) is 13.0. The van der Waals surface area contributed by atoms with Gasteiger partial charge in [-0.25, -0.2) is 0 Å². The predicted molar refractivity (Wildman–Crippen MR) is 49.3 cm³/mol. The number of terminal acetylenes is 1. The first kappa shape index (κ1) is 13.6. The lowest BCUT2D eigenvalue weighted by Gasteiger charge is -2.20. The predicted octanol–water partition coefficient (Wildman–Crippen LogP) is 0.523. The van der Waals surface area contributed by atoms with Crippen molar-refractivity contribution in [1.29, 1.82) is 0 Å². The summed E-state index contributed by atoms with van der Waals surface area (Å²) in [6.07, 6.45) is 0.400. The average Bonchev–Trinajstić information content (AvgIpc) is 2.15. The van der Waals surface area contributed by atoms with Gasteiger partial charge in [0, 0.05) is 6.54 Å². The second-order valence-corrected chi connectivity index (χ2v) is 2.92. The molecule has 0 rings (SSSR count). The minimum absolute atomic E-state index is 0.513. The molecule has 0 saturated carbocycles. The van der Waals surface area contributed by atoms with E-state index in [1.54, 1.807) is 0 Å². The number of nitrogens with one attached hydrogen (secondary N) is 1. The highest BCUT2D eigenvalue weighted by Gasteiger charge is 2.42. The quantitative estimate of drug-likeness (QED) is 0.214. The van der Waals surface area contributed by atoms with Crippen molar-refractivity contribution < 1.29 is 18.4 Å². The maximum absolute atomic E-state index is 12.3. The van der Waals surface area contributed by atoms with E-state index in [9.17, 15) is 13.2 Å². The summed E-state index contributed by atoms with van der Waals surface area (Å²) in [5.41, 5.74) is 4.92. The summed E-state index contributed by atoms with van der Waals surface area (Å²) < 4.78 is 37.0. The molecule has 86 valence electrons. The smallest absolute Gasteiger partial charge is 0.400 e. The Hall–Kier alpha value is -1.42. The van der Waals surface area contributed by atoms with Crippen molar-refractivity contribution in [2.45, 2.75) is 19.1 Å². The van der Waals surface area contributed by atoms with Gasteiger partial charge in [0.05, 0.1) is 6.04 Å². The maximum Gasteiger partial charge on any atom is 0.400 e. The number of nitrogens with two attached hydrogens (primary N) is 1. The molecule has 0 spiro atoms. The zero-order valence-electron chi connectivity index (χ0n) is 8.04. The molecule has 0 aromatic rings. The molecule has 7 heteroatoms. The van der Waals surface area contributed by atoms with E-state index in [1.165, 1.54) is 6.92 Å². The van der Waals surface area contributed by atoms with Crippen LogP contribution in [-0.4, -0.2) is 29.8 Å². The lowest BCUT2D eigenvalue weighted by Crippen LogP contribution is -2.44. The summed E-state index contributed by atoms with van der Waals surface area (Å²) in [6, 6.07) is -0.513. The molecular formula is C8H12F3N3O. The fourth-order valence-corrected chi connectivity index (χ4v) is 0.811. The number of oxime groups is 1. The fourth-order valence-electron chi connectivity index (χ4n) is 0.811. The van der Waals surface area contributed by atoms with E-state index < -0.39 is 30.5 Å². The van der Waals surface area contributed by atoms with Crippen molar-refractivity contribution >= 4 is 5.84 Å². The molecule has 0 saturated heterocycles. The second kappa shape index (κ2) is 5.46. The van der Waals surface area contributed by atoms with Gasteiger partial charge in [0.15, 0.2) is 5.84 Å². The van der Waals surface area contributed by atoms with E-state index in [0.717, 1.165) is 0 Å². The van der Waals surface area contributed by atoms with Gasteiger partial charge in [-0.05, 0) is 6.92 Å². The Labute approximate surface area is 85.3 Å². The van der Waals surface area contributed by atoms with Crippen molar-refractivity contribution in [3.05, 3.63) is 0 Å². The molecule has 2 atom stereocenters. The van der Waals surface area contributed by atoms with Crippen LogP contribution in [0.25, 0.3) is 0 Å². The van der Waals surface area contributed by atoms with Crippen molar-refractivity contribution in [3.63, 3.8) is 0 Å². The Morgan fingerprint density at radius 2 is 2.20 bits per heavy atom. The number of amidine groups is 1. The van der Waals surface area contributed by atoms with Gasteiger partial charge >= 0.3 is 6.18 Å². The molecule has 0 aliphatic rings. The van der Waals surface area contributed by atoms with Gasteiger partial charge in [0.2, 0.25) is 0 Å². The van der Waals surface area contributed by atoms with E-state index in [1.807, 2.05) is 0 Å². The Morgan fingerprint density at radius 1 is 1.67 bits per heavy atom. The van der Waals surface area contributed by atoms with Gasteiger partial charge in [-0.1, -0.05) is 11.1 Å². The number of nitrogens with zero attached hydrogens (tertiary/aromatic N) is 1. The van der Waals surface area contributed by atoms with Crippen LogP contribution < -0.4 is 11.1 Å². The van der Waals surface area contributed by atoms with Crippen LogP contribution in [0.3, 0.4) is 0 Å². The molecular weight excluding hydrogens is 211 g/mol. The summed E-state index contributed by atoms with van der Waals surface area (Å²) in [4.78, 5) is 0. The van der Waals surface area contributed by atoms with E-state index in [0.29, 0.717) is 0 Å². The standard InChI is InChI=1S/C8H12F3N3O/c1-3-5(2)13-4-6(7(12)14-15)8(9,10)11/h1,5-6,13,15H,4H2,2H3,(H2,12,14). The molecule has 0 bridgehead atoms. The zero-order chi connectivity index (χ0) is 12.1.